The predicted octanol–water partition coefficient (Wildman–Crippen LogP) is 3.07. The Bertz CT molecular complexity index is 531. The van der Waals surface area contributed by atoms with Crippen molar-refractivity contribution in [2.45, 2.75) is 20.4 Å². The summed E-state index contributed by atoms with van der Waals surface area (Å²) in [7, 11) is 1.88. The largest absolute Gasteiger partial charge is 0.339 e. The maximum atomic E-state index is 6.08. The van der Waals surface area contributed by atoms with Crippen molar-refractivity contribution in [1.82, 2.24) is 15.3 Å². The highest BCUT2D eigenvalue weighted by molar-refractivity contribution is 6.30. The molecule has 0 aliphatic carbocycles. The second-order valence-corrected chi connectivity index (χ2v) is 4.56. The topological polar surface area (TPSA) is 40.7 Å². The van der Waals surface area contributed by atoms with Crippen LogP contribution in [0.4, 0.5) is 0 Å². The average Bonchev–Trinajstić information content (AvgIpc) is 2.64. The Morgan fingerprint density at radius 3 is 2.82 bits per heavy atom. The van der Waals surface area contributed by atoms with E-state index in [2.05, 4.69) is 47.3 Å². The highest BCUT2D eigenvalue weighted by Crippen LogP contribution is 2.25. The number of aromatic nitrogens is 2. The molecular formula is C13H16ClN3. The van der Waals surface area contributed by atoms with Crippen molar-refractivity contribution in [2.75, 3.05) is 7.05 Å². The number of imidazole rings is 1. The molecule has 0 aliphatic heterocycles. The predicted molar refractivity (Wildman–Crippen MR) is 71.3 cm³/mol. The van der Waals surface area contributed by atoms with E-state index in [1.807, 2.05) is 7.05 Å². The minimum absolute atomic E-state index is 0.537. The summed E-state index contributed by atoms with van der Waals surface area (Å²) in [5.74, 6) is 0.835. The highest BCUT2D eigenvalue weighted by atomic mass is 35.5. The minimum atomic E-state index is 0.537. The number of hydrogen-bond donors (Lipinski definition) is 2. The zero-order chi connectivity index (χ0) is 12.4. The van der Waals surface area contributed by atoms with Gasteiger partial charge in [-0.2, -0.15) is 0 Å². The van der Waals surface area contributed by atoms with Gasteiger partial charge in [0.15, 0.2) is 5.15 Å². The normalized spacial score (nSPS) is 10.8. The molecule has 4 heteroatoms. The number of H-pyrrole nitrogens is 1. The van der Waals surface area contributed by atoms with E-state index in [-0.39, 0.29) is 0 Å². The minimum Gasteiger partial charge on any atom is -0.339 e. The monoisotopic (exact) mass is 249 g/mol. The quantitative estimate of drug-likeness (QED) is 0.878. The summed E-state index contributed by atoms with van der Waals surface area (Å²) in [5.41, 5.74) is 4.43. The Morgan fingerprint density at radius 2 is 2.12 bits per heavy atom. The molecule has 0 bridgehead atoms. The Hall–Kier alpha value is -1.32. The fourth-order valence-corrected chi connectivity index (χ4v) is 2.00. The van der Waals surface area contributed by atoms with Crippen molar-refractivity contribution in [1.29, 1.82) is 0 Å². The van der Waals surface area contributed by atoms with Crippen LogP contribution in [0.2, 0.25) is 5.15 Å². The van der Waals surface area contributed by atoms with Gasteiger partial charge in [0.1, 0.15) is 5.82 Å². The van der Waals surface area contributed by atoms with Crippen LogP contribution in [-0.2, 0) is 6.54 Å². The van der Waals surface area contributed by atoms with Gasteiger partial charge in [0.2, 0.25) is 0 Å². The molecule has 0 unspecified atom stereocenters. The van der Waals surface area contributed by atoms with Gasteiger partial charge in [0.25, 0.3) is 0 Å². The van der Waals surface area contributed by atoms with E-state index < -0.39 is 0 Å². The summed E-state index contributed by atoms with van der Waals surface area (Å²) in [6.07, 6.45) is 0. The molecule has 0 saturated carbocycles. The lowest BCUT2D eigenvalue weighted by Gasteiger charge is -2.03. The molecule has 2 N–H and O–H groups in total. The molecule has 2 aromatic rings. The van der Waals surface area contributed by atoms with E-state index in [9.17, 15) is 0 Å². The average molecular weight is 250 g/mol. The number of nitrogens with one attached hydrogen (secondary N) is 2. The third-order valence-electron chi connectivity index (χ3n) is 2.73. The first kappa shape index (κ1) is 12.1. The molecule has 1 heterocycles. The molecule has 1 aromatic heterocycles. The van der Waals surface area contributed by atoms with Gasteiger partial charge in [-0.3, -0.25) is 0 Å². The third kappa shape index (κ3) is 2.51. The lowest BCUT2D eigenvalue weighted by atomic mass is 10.1. The molecular weight excluding hydrogens is 234 g/mol. The molecule has 0 amide bonds. The fraction of sp³-hybridized carbons (Fsp3) is 0.308. The molecule has 0 radical (unpaired) electrons. The van der Waals surface area contributed by atoms with Crippen LogP contribution in [0, 0.1) is 13.8 Å². The number of aromatic amines is 1. The van der Waals surface area contributed by atoms with Crippen molar-refractivity contribution in [3.63, 3.8) is 0 Å². The Kier molecular flexibility index (Phi) is 3.50. The molecule has 90 valence electrons. The van der Waals surface area contributed by atoms with Gasteiger partial charge in [0, 0.05) is 12.1 Å². The van der Waals surface area contributed by atoms with Gasteiger partial charge in [0.05, 0.1) is 5.69 Å². The summed E-state index contributed by atoms with van der Waals surface area (Å²) < 4.78 is 0. The van der Waals surface area contributed by atoms with Gasteiger partial charge in [-0.1, -0.05) is 29.3 Å². The number of benzene rings is 1. The van der Waals surface area contributed by atoms with E-state index in [1.54, 1.807) is 0 Å². The molecule has 0 spiro atoms. The Balaban J connectivity index is 2.45. The summed E-state index contributed by atoms with van der Waals surface area (Å²) in [6.45, 7) is 4.83. The Morgan fingerprint density at radius 1 is 1.35 bits per heavy atom. The zero-order valence-electron chi connectivity index (χ0n) is 10.3. The van der Waals surface area contributed by atoms with E-state index in [4.69, 9.17) is 11.6 Å². The fourth-order valence-electron chi connectivity index (χ4n) is 1.80. The van der Waals surface area contributed by atoms with Crippen molar-refractivity contribution < 1.29 is 0 Å². The zero-order valence-corrected chi connectivity index (χ0v) is 11.0. The SMILES string of the molecule is CNCc1[nH]c(-c2cc(C)ccc2C)nc1Cl. The number of aryl methyl sites for hydroxylation is 2. The highest BCUT2D eigenvalue weighted by Gasteiger charge is 2.11. The molecule has 3 nitrogen and oxygen atoms in total. The molecule has 0 saturated heterocycles. The second-order valence-electron chi connectivity index (χ2n) is 4.20. The van der Waals surface area contributed by atoms with Crippen LogP contribution in [0.3, 0.4) is 0 Å². The van der Waals surface area contributed by atoms with Gasteiger partial charge in [-0.25, -0.2) is 4.98 Å². The van der Waals surface area contributed by atoms with Crippen molar-refractivity contribution >= 4 is 11.6 Å². The second kappa shape index (κ2) is 4.90. The van der Waals surface area contributed by atoms with E-state index in [0.717, 1.165) is 17.1 Å². The van der Waals surface area contributed by atoms with Gasteiger partial charge >= 0.3 is 0 Å². The smallest absolute Gasteiger partial charge is 0.152 e. The van der Waals surface area contributed by atoms with Crippen LogP contribution in [0.15, 0.2) is 18.2 Å². The molecule has 0 aliphatic rings. The summed E-state index contributed by atoms with van der Waals surface area (Å²) in [4.78, 5) is 7.63. The number of hydrogen-bond acceptors (Lipinski definition) is 2. The maximum Gasteiger partial charge on any atom is 0.152 e. The van der Waals surface area contributed by atoms with Crippen LogP contribution < -0.4 is 5.32 Å². The lowest BCUT2D eigenvalue weighted by molar-refractivity contribution is 0.798. The maximum absolute atomic E-state index is 6.08. The summed E-state index contributed by atoms with van der Waals surface area (Å²) in [6, 6.07) is 6.31. The van der Waals surface area contributed by atoms with Crippen molar-refractivity contribution in [3.05, 3.63) is 40.2 Å². The third-order valence-corrected chi connectivity index (χ3v) is 3.04. The molecule has 0 fully saturated rings. The lowest BCUT2D eigenvalue weighted by Crippen LogP contribution is -2.05. The van der Waals surface area contributed by atoms with E-state index in [1.165, 1.54) is 11.1 Å². The summed E-state index contributed by atoms with van der Waals surface area (Å²) >= 11 is 6.08. The van der Waals surface area contributed by atoms with Crippen LogP contribution in [0.5, 0.6) is 0 Å². The first-order valence-electron chi connectivity index (χ1n) is 5.58. The van der Waals surface area contributed by atoms with Crippen LogP contribution >= 0.6 is 11.6 Å². The first-order chi connectivity index (χ1) is 8.11. The first-order valence-corrected chi connectivity index (χ1v) is 5.96. The molecule has 2 rings (SSSR count). The van der Waals surface area contributed by atoms with E-state index in [0.29, 0.717) is 11.7 Å². The molecule has 17 heavy (non-hydrogen) atoms. The van der Waals surface area contributed by atoms with Crippen molar-refractivity contribution in [3.8, 4) is 11.4 Å². The van der Waals surface area contributed by atoms with Crippen LogP contribution in [0.1, 0.15) is 16.8 Å². The number of nitrogens with zero attached hydrogens (tertiary/aromatic N) is 1. The Labute approximate surface area is 106 Å². The standard InChI is InChI=1S/C13H16ClN3/c1-8-4-5-9(2)10(6-8)13-16-11(7-15-3)12(14)17-13/h4-6,15H,7H2,1-3H3,(H,16,17). The summed E-state index contributed by atoms with van der Waals surface area (Å²) in [5, 5.41) is 3.60. The van der Waals surface area contributed by atoms with Gasteiger partial charge in [-0.05, 0) is 32.5 Å². The van der Waals surface area contributed by atoms with Crippen molar-refractivity contribution in [2.24, 2.45) is 0 Å². The number of rotatable bonds is 3. The molecule has 1 aromatic carbocycles. The van der Waals surface area contributed by atoms with Gasteiger partial charge in [-0.15, -0.1) is 0 Å². The number of halogens is 1. The van der Waals surface area contributed by atoms with Crippen LogP contribution in [-0.4, -0.2) is 17.0 Å². The molecule has 0 atom stereocenters. The van der Waals surface area contributed by atoms with E-state index >= 15 is 0 Å². The van der Waals surface area contributed by atoms with Crippen LogP contribution in [0.25, 0.3) is 11.4 Å². The van der Waals surface area contributed by atoms with Gasteiger partial charge < -0.3 is 10.3 Å².